The minimum atomic E-state index is -0.205. The van der Waals surface area contributed by atoms with Crippen molar-refractivity contribution in [3.63, 3.8) is 0 Å². The topological polar surface area (TPSA) is 73.6 Å². The molecule has 0 heterocycles. The second-order valence-corrected chi connectivity index (χ2v) is 6.74. The molecule has 2 aromatic carbocycles. The SMILES string of the molecule is CCOc1cc(CC(N)CC)ccc1OCC(=O)Nc1cc(C)ccc1C.Cl. The normalized spacial score (nSPS) is 11.3. The van der Waals surface area contributed by atoms with Crippen LogP contribution in [0.25, 0.3) is 0 Å². The summed E-state index contributed by atoms with van der Waals surface area (Å²) in [5, 5.41) is 2.90. The molecule has 1 atom stereocenters. The lowest BCUT2D eigenvalue weighted by atomic mass is 10.0. The maximum atomic E-state index is 12.3. The molecule has 0 aliphatic rings. The minimum Gasteiger partial charge on any atom is -0.490 e. The summed E-state index contributed by atoms with van der Waals surface area (Å²) in [6, 6.07) is 11.8. The van der Waals surface area contributed by atoms with Gasteiger partial charge in [-0.3, -0.25) is 4.79 Å². The molecule has 0 saturated carbocycles. The molecule has 28 heavy (non-hydrogen) atoms. The summed E-state index contributed by atoms with van der Waals surface area (Å²) in [7, 11) is 0. The van der Waals surface area contributed by atoms with E-state index in [1.165, 1.54) is 0 Å². The smallest absolute Gasteiger partial charge is 0.262 e. The second-order valence-electron chi connectivity index (χ2n) is 6.74. The van der Waals surface area contributed by atoms with Crippen molar-refractivity contribution in [1.82, 2.24) is 0 Å². The molecule has 0 fully saturated rings. The van der Waals surface area contributed by atoms with Crippen molar-refractivity contribution in [2.24, 2.45) is 5.73 Å². The van der Waals surface area contributed by atoms with Crippen LogP contribution in [-0.2, 0) is 11.2 Å². The molecule has 2 aromatic rings. The number of amides is 1. The summed E-state index contributed by atoms with van der Waals surface area (Å²) < 4.78 is 11.4. The van der Waals surface area contributed by atoms with Crippen molar-refractivity contribution in [1.29, 1.82) is 0 Å². The lowest BCUT2D eigenvalue weighted by Gasteiger charge is -2.15. The van der Waals surface area contributed by atoms with Crippen molar-refractivity contribution < 1.29 is 14.3 Å². The Morgan fingerprint density at radius 3 is 2.50 bits per heavy atom. The van der Waals surface area contributed by atoms with Crippen LogP contribution in [0.2, 0.25) is 0 Å². The van der Waals surface area contributed by atoms with Crippen LogP contribution in [0.5, 0.6) is 11.5 Å². The van der Waals surface area contributed by atoms with Gasteiger partial charge < -0.3 is 20.5 Å². The van der Waals surface area contributed by atoms with Crippen LogP contribution < -0.4 is 20.5 Å². The molecule has 6 heteroatoms. The average Bonchev–Trinajstić information content (AvgIpc) is 2.64. The first kappa shape index (κ1) is 23.8. The summed E-state index contributed by atoms with van der Waals surface area (Å²) in [4.78, 5) is 12.3. The fourth-order valence-corrected chi connectivity index (χ4v) is 2.71. The fourth-order valence-electron chi connectivity index (χ4n) is 2.71. The lowest BCUT2D eigenvalue weighted by Crippen LogP contribution is -2.22. The van der Waals surface area contributed by atoms with Crippen molar-refractivity contribution in [2.45, 2.75) is 46.6 Å². The van der Waals surface area contributed by atoms with Gasteiger partial charge in [0.05, 0.1) is 6.61 Å². The number of nitrogens with two attached hydrogens (primary N) is 1. The number of carbonyl (C=O) groups is 1. The molecule has 2 rings (SSSR count). The highest BCUT2D eigenvalue weighted by atomic mass is 35.5. The Balaban J connectivity index is 0.00000392. The number of halogens is 1. The van der Waals surface area contributed by atoms with E-state index in [4.69, 9.17) is 15.2 Å². The van der Waals surface area contributed by atoms with Crippen LogP contribution in [0.3, 0.4) is 0 Å². The van der Waals surface area contributed by atoms with Gasteiger partial charge in [-0.15, -0.1) is 12.4 Å². The predicted octanol–water partition coefficient (Wildman–Crippen LogP) is 4.42. The van der Waals surface area contributed by atoms with Crippen LogP contribution in [0.4, 0.5) is 5.69 Å². The van der Waals surface area contributed by atoms with Gasteiger partial charge in [0.1, 0.15) is 0 Å². The largest absolute Gasteiger partial charge is 0.490 e. The first-order valence-electron chi connectivity index (χ1n) is 9.44. The molecule has 154 valence electrons. The van der Waals surface area contributed by atoms with Gasteiger partial charge in [-0.25, -0.2) is 0 Å². The number of hydrogen-bond donors (Lipinski definition) is 2. The Morgan fingerprint density at radius 1 is 1.07 bits per heavy atom. The van der Waals surface area contributed by atoms with Gasteiger partial charge in [-0.1, -0.05) is 25.1 Å². The van der Waals surface area contributed by atoms with Crippen molar-refractivity contribution in [3.05, 3.63) is 53.1 Å². The summed E-state index contributed by atoms with van der Waals surface area (Å²) in [5.41, 5.74) is 10.0. The maximum absolute atomic E-state index is 12.3. The van der Waals surface area contributed by atoms with Crippen molar-refractivity contribution in [3.8, 4) is 11.5 Å². The number of nitrogens with one attached hydrogen (secondary N) is 1. The quantitative estimate of drug-likeness (QED) is 0.646. The van der Waals surface area contributed by atoms with Gasteiger partial charge in [-0.05, 0) is 68.5 Å². The van der Waals surface area contributed by atoms with Crippen LogP contribution in [-0.4, -0.2) is 25.2 Å². The van der Waals surface area contributed by atoms with E-state index >= 15 is 0 Å². The van der Waals surface area contributed by atoms with E-state index in [1.54, 1.807) is 0 Å². The van der Waals surface area contributed by atoms with Crippen LogP contribution in [0, 0.1) is 13.8 Å². The van der Waals surface area contributed by atoms with E-state index in [0.29, 0.717) is 18.1 Å². The van der Waals surface area contributed by atoms with E-state index in [1.807, 2.05) is 57.2 Å². The molecular weight excluding hydrogens is 376 g/mol. The van der Waals surface area contributed by atoms with Gasteiger partial charge >= 0.3 is 0 Å². The Kier molecular flexibility index (Phi) is 9.83. The first-order valence-corrected chi connectivity index (χ1v) is 9.44. The molecule has 0 radical (unpaired) electrons. The summed E-state index contributed by atoms with van der Waals surface area (Å²) in [6.45, 7) is 8.38. The molecule has 0 aliphatic carbocycles. The number of hydrogen-bond acceptors (Lipinski definition) is 4. The number of rotatable bonds is 9. The number of anilines is 1. The average molecular weight is 407 g/mol. The lowest BCUT2D eigenvalue weighted by molar-refractivity contribution is -0.118. The second kappa shape index (κ2) is 11.6. The van der Waals surface area contributed by atoms with Crippen molar-refractivity contribution >= 4 is 24.0 Å². The molecule has 0 aromatic heterocycles. The monoisotopic (exact) mass is 406 g/mol. The summed E-state index contributed by atoms with van der Waals surface area (Å²) >= 11 is 0. The molecule has 0 bridgehead atoms. The van der Waals surface area contributed by atoms with E-state index in [-0.39, 0.29) is 31.0 Å². The number of ether oxygens (including phenoxy) is 2. The van der Waals surface area contributed by atoms with Crippen LogP contribution >= 0.6 is 12.4 Å². The van der Waals surface area contributed by atoms with E-state index in [2.05, 4.69) is 12.2 Å². The molecule has 3 N–H and O–H groups in total. The molecule has 1 unspecified atom stereocenters. The zero-order valence-electron chi connectivity index (χ0n) is 17.1. The van der Waals surface area contributed by atoms with Gasteiger partial charge in [0.15, 0.2) is 18.1 Å². The summed E-state index contributed by atoms with van der Waals surface area (Å²) in [5.74, 6) is 0.989. The number of aryl methyl sites for hydroxylation is 2. The third-order valence-electron chi connectivity index (χ3n) is 4.36. The van der Waals surface area contributed by atoms with Gasteiger partial charge in [-0.2, -0.15) is 0 Å². The molecule has 5 nitrogen and oxygen atoms in total. The highest BCUT2D eigenvalue weighted by molar-refractivity contribution is 5.92. The van der Waals surface area contributed by atoms with Crippen LogP contribution in [0.15, 0.2) is 36.4 Å². The van der Waals surface area contributed by atoms with E-state index < -0.39 is 0 Å². The fraction of sp³-hybridized carbons (Fsp3) is 0.409. The first-order chi connectivity index (χ1) is 12.9. The zero-order valence-corrected chi connectivity index (χ0v) is 17.9. The standard InChI is InChI=1S/C22H30N2O3.ClH/c1-5-18(23)12-17-9-10-20(21(13-17)26-6-2)27-14-22(25)24-19-11-15(3)7-8-16(19)4;/h7-11,13,18H,5-6,12,14,23H2,1-4H3,(H,24,25);1H. The third kappa shape index (κ3) is 7.06. The summed E-state index contributed by atoms with van der Waals surface area (Å²) in [6.07, 6.45) is 1.70. The Hall–Kier alpha value is -2.24. The molecule has 0 spiro atoms. The zero-order chi connectivity index (χ0) is 19.8. The van der Waals surface area contributed by atoms with Gasteiger partial charge in [0.25, 0.3) is 5.91 Å². The van der Waals surface area contributed by atoms with Gasteiger partial charge in [0.2, 0.25) is 0 Å². The Morgan fingerprint density at radius 2 is 1.82 bits per heavy atom. The Labute approximate surface area is 174 Å². The molecule has 1 amide bonds. The molecule has 0 aliphatic heterocycles. The van der Waals surface area contributed by atoms with Crippen molar-refractivity contribution in [2.75, 3.05) is 18.5 Å². The molecular formula is C22H31ClN2O3. The highest BCUT2D eigenvalue weighted by Gasteiger charge is 2.11. The van der Waals surface area contributed by atoms with Crippen LogP contribution in [0.1, 0.15) is 37.0 Å². The highest BCUT2D eigenvalue weighted by Crippen LogP contribution is 2.29. The third-order valence-corrected chi connectivity index (χ3v) is 4.36. The number of carbonyl (C=O) groups excluding carboxylic acids is 1. The van der Waals surface area contributed by atoms with Gasteiger partial charge in [0, 0.05) is 11.7 Å². The Bertz CT molecular complexity index is 780. The van der Waals surface area contributed by atoms with E-state index in [9.17, 15) is 4.79 Å². The minimum absolute atomic E-state index is 0. The maximum Gasteiger partial charge on any atom is 0.262 e. The molecule has 0 saturated heterocycles. The van der Waals surface area contributed by atoms with E-state index in [0.717, 1.165) is 35.2 Å². The number of benzene rings is 2. The predicted molar refractivity (Wildman–Crippen MR) is 117 cm³/mol.